The predicted molar refractivity (Wildman–Crippen MR) is 97.7 cm³/mol. The zero-order valence-electron chi connectivity index (χ0n) is 12.9. The number of hydrogen-bond acceptors (Lipinski definition) is 5. The van der Waals surface area contributed by atoms with Crippen molar-refractivity contribution < 1.29 is 4.79 Å². The van der Waals surface area contributed by atoms with Gasteiger partial charge in [-0.25, -0.2) is 9.97 Å². The Balaban J connectivity index is 1.65. The summed E-state index contributed by atoms with van der Waals surface area (Å²) in [5, 5.41) is 5.03. The van der Waals surface area contributed by atoms with E-state index in [0.29, 0.717) is 17.4 Å². The SMILES string of the molecule is Nc1ncnc2c(C=Cc3ccccc3C(=O)NC3CC3)csc12. The van der Waals surface area contributed by atoms with Gasteiger partial charge in [0, 0.05) is 22.5 Å². The second-order valence-electron chi connectivity index (χ2n) is 5.80. The number of benzene rings is 1. The average molecular weight is 336 g/mol. The van der Waals surface area contributed by atoms with Crippen LogP contribution in [-0.4, -0.2) is 21.9 Å². The molecule has 0 unspecified atom stereocenters. The van der Waals surface area contributed by atoms with Crippen LogP contribution in [0.4, 0.5) is 5.82 Å². The summed E-state index contributed by atoms with van der Waals surface area (Å²) in [4.78, 5) is 20.7. The van der Waals surface area contributed by atoms with Crippen molar-refractivity contribution in [1.29, 1.82) is 0 Å². The third-order valence-electron chi connectivity index (χ3n) is 3.97. The molecule has 120 valence electrons. The lowest BCUT2D eigenvalue weighted by molar-refractivity contribution is 0.0951. The van der Waals surface area contributed by atoms with E-state index >= 15 is 0 Å². The van der Waals surface area contributed by atoms with Crippen molar-refractivity contribution in [3.05, 3.63) is 52.7 Å². The number of carbonyl (C=O) groups is 1. The quantitative estimate of drug-likeness (QED) is 0.766. The number of carbonyl (C=O) groups excluding carboxylic acids is 1. The van der Waals surface area contributed by atoms with Crippen molar-refractivity contribution >= 4 is 45.4 Å². The second kappa shape index (κ2) is 6.05. The number of nitrogens with zero attached hydrogens (tertiary/aromatic N) is 2. The van der Waals surface area contributed by atoms with Crippen molar-refractivity contribution in [3.8, 4) is 0 Å². The molecule has 0 spiro atoms. The van der Waals surface area contributed by atoms with Gasteiger partial charge in [-0.1, -0.05) is 30.4 Å². The normalized spacial score (nSPS) is 14.3. The molecular weight excluding hydrogens is 320 g/mol. The van der Waals surface area contributed by atoms with E-state index in [-0.39, 0.29) is 5.91 Å². The molecule has 1 aliphatic carbocycles. The third-order valence-corrected chi connectivity index (χ3v) is 4.98. The van der Waals surface area contributed by atoms with Crippen LogP contribution in [-0.2, 0) is 0 Å². The highest BCUT2D eigenvalue weighted by Crippen LogP contribution is 2.29. The fourth-order valence-corrected chi connectivity index (χ4v) is 3.42. The average Bonchev–Trinajstić information content (AvgIpc) is 3.31. The van der Waals surface area contributed by atoms with Gasteiger partial charge in [0.1, 0.15) is 12.1 Å². The molecule has 3 aromatic rings. The van der Waals surface area contributed by atoms with Gasteiger partial charge >= 0.3 is 0 Å². The number of nitrogens with two attached hydrogens (primary N) is 1. The Hall–Kier alpha value is -2.73. The number of aromatic nitrogens is 2. The first-order valence-electron chi connectivity index (χ1n) is 7.78. The first kappa shape index (κ1) is 14.8. The van der Waals surface area contributed by atoms with E-state index in [2.05, 4.69) is 15.3 Å². The van der Waals surface area contributed by atoms with Gasteiger partial charge in [0.05, 0.1) is 10.2 Å². The number of nitrogen functional groups attached to an aromatic ring is 1. The molecule has 2 heterocycles. The molecule has 1 amide bonds. The van der Waals surface area contributed by atoms with Gasteiger partial charge in [0.15, 0.2) is 0 Å². The van der Waals surface area contributed by atoms with E-state index in [1.807, 2.05) is 41.8 Å². The summed E-state index contributed by atoms with van der Waals surface area (Å²) in [6.07, 6.45) is 7.53. The number of fused-ring (bicyclic) bond motifs is 1. The van der Waals surface area contributed by atoms with Crippen LogP contribution in [0.25, 0.3) is 22.4 Å². The van der Waals surface area contributed by atoms with Crippen molar-refractivity contribution in [2.24, 2.45) is 0 Å². The molecule has 0 radical (unpaired) electrons. The van der Waals surface area contributed by atoms with E-state index < -0.39 is 0 Å². The lowest BCUT2D eigenvalue weighted by Gasteiger charge is -2.06. The van der Waals surface area contributed by atoms with Crippen LogP contribution >= 0.6 is 11.3 Å². The summed E-state index contributed by atoms with van der Waals surface area (Å²) in [5.41, 5.74) is 9.26. The molecule has 0 aliphatic heterocycles. The Morgan fingerprint density at radius 2 is 2.00 bits per heavy atom. The van der Waals surface area contributed by atoms with E-state index in [1.165, 1.54) is 17.7 Å². The largest absolute Gasteiger partial charge is 0.382 e. The fourth-order valence-electron chi connectivity index (χ4n) is 2.53. The van der Waals surface area contributed by atoms with Gasteiger partial charge < -0.3 is 11.1 Å². The van der Waals surface area contributed by atoms with Crippen LogP contribution in [0.2, 0.25) is 0 Å². The van der Waals surface area contributed by atoms with Gasteiger partial charge in [-0.2, -0.15) is 0 Å². The molecule has 0 saturated heterocycles. The maximum Gasteiger partial charge on any atom is 0.252 e. The number of hydrogen-bond donors (Lipinski definition) is 2. The van der Waals surface area contributed by atoms with Crippen molar-refractivity contribution in [1.82, 2.24) is 15.3 Å². The first-order chi connectivity index (χ1) is 11.7. The standard InChI is InChI=1S/C18H16N4OS/c19-17-16-15(20-10-21-17)12(9-24-16)6-5-11-3-1-2-4-14(11)18(23)22-13-7-8-13/h1-6,9-10,13H,7-8H2,(H,22,23)(H2,19,20,21). The molecule has 3 N–H and O–H groups in total. The van der Waals surface area contributed by atoms with Gasteiger partial charge in [-0.3, -0.25) is 4.79 Å². The van der Waals surface area contributed by atoms with Crippen LogP contribution in [0.3, 0.4) is 0 Å². The van der Waals surface area contributed by atoms with E-state index in [0.717, 1.165) is 34.2 Å². The molecule has 1 fully saturated rings. The maximum absolute atomic E-state index is 12.4. The van der Waals surface area contributed by atoms with Gasteiger partial charge in [-0.05, 0) is 24.5 Å². The van der Waals surface area contributed by atoms with Crippen molar-refractivity contribution in [2.75, 3.05) is 5.73 Å². The fraction of sp³-hybridized carbons (Fsp3) is 0.167. The Morgan fingerprint density at radius 3 is 2.83 bits per heavy atom. The summed E-state index contributed by atoms with van der Waals surface area (Å²) < 4.78 is 0.886. The number of rotatable bonds is 4. The second-order valence-corrected chi connectivity index (χ2v) is 6.68. The highest BCUT2D eigenvalue weighted by molar-refractivity contribution is 7.18. The molecule has 5 nitrogen and oxygen atoms in total. The highest BCUT2D eigenvalue weighted by atomic mass is 32.1. The number of amides is 1. The monoisotopic (exact) mass is 336 g/mol. The minimum atomic E-state index is -0.0144. The lowest BCUT2D eigenvalue weighted by Crippen LogP contribution is -2.25. The summed E-state index contributed by atoms with van der Waals surface area (Å²) in [6, 6.07) is 7.95. The minimum Gasteiger partial charge on any atom is -0.382 e. The predicted octanol–water partition coefficient (Wildman–Crippen LogP) is 3.34. The Kier molecular flexibility index (Phi) is 3.74. The van der Waals surface area contributed by atoms with Crippen LogP contribution in [0.15, 0.2) is 36.0 Å². The van der Waals surface area contributed by atoms with Gasteiger partial charge in [0.2, 0.25) is 0 Å². The molecule has 6 heteroatoms. The molecule has 1 aliphatic rings. The van der Waals surface area contributed by atoms with Crippen LogP contribution in [0.1, 0.15) is 34.3 Å². The molecule has 2 aromatic heterocycles. The molecular formula is C18H16N4OS. The summed E-state index contributed by atoms with van der Waals surface area (Å²) in [7, 11) is 0. The molecule has 0 atom stereocenters. The van der Waals surface area contributed by atoms with E-state index in [4.69, 9.17) is 5.73 Å². The van der Waals surface area contributed by atoms with E-state index in [9.17, 15) is 4.79 Å². The van der Waals surface area contributed by atoms with Gasteiger partial charge in [0.25, 0.3) is 5.91 Å². The minimum absolute atomic E-state index is 0.0144. The van der Waals surface area contributed by atoms with E-state index in [1.54, 1.807) is 0 Å². The molecule has 4 rings (SSSR count). The summed E-state index contributed by atoms with van der Waals surface area (Å²) in [6.45, 7) is 0. The first-order valence-corrected chi connectivity index (χ1v) is 8.66. The Morgan fingerprint density at radius 1 is 1.21 bits per heavy atom. The highest BCUT2D eigenvalue weighted by Gasteiger charge is 2.24. The molecule has 1 saturated carbocycles. The number of nitrogens with one attached hydrogen (secondary N) is 1. The zero-order chi connectivity index (χ0) is 16.5. The summed E-state index contributed by atoms with van der Waals surface area (Å²) >= 11 is 1.52. The molecule has 1 aromatic carbocycles. The Bertz CT molecular complexity index is 943. The van der Waals surface area contributed by atoms with Crippen LogP contribution < -0.4 is 11.1 Å². The third kappa shape index (κ3) is 2.88. The summed E-state index contributed by atoms with van der Waals surface area (Å²) in [5.74, 6) is 0.480. The van der Waals surface area contributed by atoms with Crippen molar-refractivity contribution in [3.63, 3.8) is 0 Å². The topological polar surface area (TPSA) is 80.9 Å². The number of thiophene rings is 1. The molecule has 24 heavy (non-hydrogen) atoms. The van der Waals surface area contributed by atoms with Crippen LogP contribution in [0, 0.1) is 0 Å². The zero-order valence-corrected chi connectivity index (χ0v) is 13.7. The maximum atomic E-state index is 12.4. The van der Waals surface area contributed by atoms with Gasteiger partial charge in [-0.15, -0.1) is 11.3 Å². The molecule has 0 bridgehead atoms. The Labute approximate surface area is 143 Å². The van der Waals surface area contributed by atoms with Crippen LogP contribution in [0.5, 0.6) is 0 Å². The van der Waals surface area contributed by atoms with Crippen molar-refractivity contribution in [2.45, 2.75) is 18.9 Å². The smallest absolute Gasteiger partial charge is 0.252 e. The lowest BCUT2D eigenvalue weighted by atomic mass is 10.1. The number of anilines is 1.